The van der Waals surface area contributed by atoms with Gasteiger partial charge < -0.3 is 14.8 Å². The number of H-pyrrole nitrogens is 2. The van der Waals surface area contributed by atoms with Crippen molar-refractivity contribution >= 4 is 27.6 Å². The molecule has 35 heavy (non-hydrogen) atoms. The summed E-state index contributed by atoms with van der Waals surface area (Å²) in [6.07, 6.45) is 8.68. The largest absolute Gasteiger partial charge is 0.370 e. The molecule has 1 aliphatic heterocycles. The van der Waals surface area contributed by atoms with E-state index in [4.69, 9.17) is 4.98 Å². The molecule has 0 saturated carbocycles. The third-order valence-electron chi connectivity index (χ3n) is 6.52. The van der Waals surface area contributed by atoms with Crippen molar-refractivity contribution in [3.63, 3.8) is 0 Å². The van der Waals surface area contributed by atoms with Gasteiger partial charge in [0.15, 0.2) is 11.6 Å². The van der Waals surface area contributed by atoms with Crippen LogP contribution in [0.2, 0.25) is 0 Å². The minimum atomic E-state index is -0.438. The molecule has 1 aromatic carbocycles. The predicted molar refractivity (Wildman–Crippen MR) is 136 cm³/mol. The smallest absolute Gasteiger partial charge is 0.161 e. The van der Waals surface area contributed by atoms with Gasteiger partial charge in [-0.05, 0) is 57.1 Å². The van der Waals surface area contributed by atoms with Crippen LogP contribution in [-0.2, 0) is 6.54 Å². The number of hydrogen-bond donors (Lipinski definition) is 2. The minimum absolute atomic E-state index is 0.248. The lowest BCUT2D eigenvalue weighted by atomic mass is 10.1. The molecule has 178 valence electrons. The van der Waals surface area contributed by atoms with Gasteiger partial charge in [0.05, 0.1) is 28.3 Å². The number of benzene rings is 1. The summed E-state index contributed by atoms with van der Waals surface area (Å²) in [7, 11) is 3.97. The quantitative estimate of drug-likeness (QED) is 0.385. The summed E-state index contributed by atoms with van der Waals surface area (Å²) < 4.78 is 15.9. The predicted octanol–water partition coefficient (Wildman–Crippen LogP) is 4.75. The number of rotatable bonds is 5. The fraction of sp³-hybridized carbons (Fsp3) is 0.308. The summed E-state index contributed by atoms with van der Waals surface area (Å²) in [5.41, 5.74) is 5.74. The van der Waals surface area contributed by atoms with Crippen LogP contribution in [0.25, 0.3) is 44.7 Å². The highest BCUT2D eigenvalue weighted by molar-refractivity contribution is 5.97. The summed E-state index contributed by atoms with van der Waals surface area (Å²) in [6.45, 7) is 2.76. The number of anilines is 1. The van der Waals surface area contributed by atoms with E-state index < -0.39 is 5.82 Å². The van der Waals surface area contributed by atoms with Gasteiger partial charge in [-0.15, -0.1) is 0 Å². The zero-order valence-electron chi connectivity index (χ0n) is 19.8. The maximum Gasteiger partial charge on any atom is 0.161 e. The van der Waals surface area contributed by atoms with Gasteiger partial charge in [-0.2, -0.15) is 5.10 Å². The molecular weight excluding hydrogens is 443 g/mol. The highest BCUT2D eigenvalue weighted by atomic mass is 19.1. The third-order valence-corrected chi connectivity index (χ3v) is 6.52. The van der Waals surface area contributed by atoms with Crippen LogP contribution in [0.1, 0.15) is 24.8 Å². The molecule has 1 fully saturated rings. The average molecular weight is 471 g/mol. The number of piperidine rings is 1. The third kappa shape index (κ3) is 3.91. The first kappa shape index (κ1) is 21.7. The van der Waals surface area contributed by atoms with Crippen LogP contribution >= 0.6 is 0 Å². The molecule has 9 heteroatoms. The van der Waals surface area contributed by atoms with Crippen LogP contribution in [0.15, 0.2) is 42.9 Å². The second-order valence-electron chi connectivity index (χ2n) is 9.41. The summed E-state index contributed by atoms with van der Waals surface area (Å²) in [5, 5.41) is 7.71. The van der Waals surface area contributed by atoms with Crippen LogP contribution in [0.5, 0.6) is 0 Å². The number of hydrogen-bond acceptors (Lipinski definition) is 6. The highest BCUT2D eigenvalue weighted by Gasteiger charge is 2.22. The standard InChI is InChI=1S/C26H27FN8/c1-34(2)15-16-11-17(13-28-12-16)23-22(27)21-19(14-29-23)32-33-25(21)26-30-18-7-6-8-20(24(18)31-26)35-9-4-3-5-10-35/h6-8,11-14H,3-5,9-10,15H2,1-2H3,(H,30,31)(H,32,33). The Bertz CT molecular complexity index is 1510. The zero-order chi connectivity index (χ0) is 23.9. The van der Waals surface area contributed by atoms with E-state index in [1.807, 2.05) is 37.2 Å². The van der Waals surface area contributed by atoms with E-state index in [0.717, 1.165) is 35.4 Å². The van der Waals surface area contributed by atoms with Crippen molar-refractivity contribution < 1.29 is 4.39 Å². The van der Waals surface area contributed by atoms with Crippen molar-refractivity contribution in [2.45, 2.75) is 25.8 Å². The molecule has 8 nitrogen and oxygen atoms in total. The summed E-state index contributed by atoms with van der Waals surface area (Å²) in [5.74, 6) is 0.0954. The molecule has 0 bridgehead atoms. The Labute approximate surface area is 202 Å². The van der Waals surface area contributed by atoms with Gasteiger partial charge in [-0.1, -0.05) is 6.07 Å². The molecule has 0 spiro atoms. The fourth-order valence-electron chi connectivity index (χ4n) is 4.94. The first-order valence-electron chi connectivity index (χ1n) is 11.9. The molecule has 0 unspecified atom stereocenters. The average Bonchev–Trinajstić information content (AvgIpc) is 3.49. The van der Waals surface area contributed by atoms with Gasteiger partial charge in [0.1, 0.15) is 16.9 Å². The Balaban J connectivity index is 1.45. The van der Waals surface area contributed by atoms with Gasteiger partial charge in [-0.25, -0.2) is 9.37 Å². The molecule has 5 aromatic rings. The first-order chi connectivity index (χ1) is 17.1. The number of aromatic amines is 2. The minimum Gasteiger partial charge on any atom is -0.370 e. The van der Waals surface area contributed by atoms with E-state index in [-0.39, 0.29) is 5.69 Å². The van der Waals surface area contributed by atoms with Crippen molar-refractivity contribution in [1.29, 1.82) is 0 Å². The van der Waals surface area contributed by atoms with E-state index in [2.05, 4.69) is 36.1 Å². The molecule has 1 saturated heterocycles. The lowest BCUT2D eigenvalue weighted by Gasteiger charge is -2.28. The molecule has 0 atom stereocenters. The molecule has 0 radical (unpaired) electrons. The Morgan fingerprint density at radius 3 is 2.71 bits per heavy atom. The number of nitrogens with zero attached hydrogens (tertiary/aromatic N) is 6. The fourth-order valence-corrected chi connectivity index (χ4v) is 4.94. The van der Waals surface area contributed by atoms with Gasteiger partial charge >= 0.3 is 0 Å². The number of para-hydroxylation sites is 1. The van der Waals surface area contributed by atoms with Crippen LogP contribution in [0.3, 0.4) is 0 Å². The molecule has 2 N–H and O–H groups in total. The second kappa shape index (κ2) is 8.74. The van der Waals surface area contributed by atoms with E-state index in [1.165, 1.54) is 19.3 Å². The summed E-state index contributed by atoms with van der Waals surface area (Å²) >= 11 is 0. The lowest BCUT2D eigenvalue weighted by molar-refractivity contribution is 0.402. The number of pyridine rings is 2. The molecule has 5 heterocycles. The molecular formula is C26H27FN8. The Hall–Kier alpha value is -3.85. The van der Waals surface area contributed by atoms with Crippen LogP contribution < -0.4 is 4.90 Å². The van der Waals surface area contributed by atoms with Gasteiger partial charge in [0.25, 0.3) is 0 Å². The SMILES string of the molecule is CN(C)Cc1cncc(-c2ncc3[nH]nc(-c4nc5c(N6CCCCC6)cccc5[nH]4)c3c2F)c1. The monoisotopic (exact) mass is 470 g/mol. The molecule has 1 aliphatic rings. The number of nitrogens with one attached hydrogen (secondary N) is 2. The maximum absolute atomic E-state index is 15.9. The van der Waals surface area contributed by atoms with Gasteiger partial charge in [0, 0.05) is 37.6 Å². The number of aromatic nitrogens is 6. The van der Waals surface area contributed by atoms with E-state index in [1.54, 1.807) is 18.6 Å². The topological polar surface area (TPSA) is 89.6 Å². The number of imidazole rings is 1. The van der Waals surface area contributed by atoms with Crippen molar-refractivity contribution in [3.8, 4) is 22.8 Å². The van der Waals surface area contributed by atoms with E-state index in [9.17, 15) is 0 Å². The molecule has 6 rings (SSSR count). The van der Waals surface area contributed by atoms with E-state index in [0.29, 0.717) is 34.5 Å². The Kier molecular flexibility index (Phi) is 5.41. The normalized spacial score (nSPS) is 14.5. The summed E-state index contributed by atoms with van der Waals surface area (Å²) in [6, 6.07) is 8.07. The van der Waals surface area contributed by atoms with Gasteiger partial charge in [-0.3, -0.25) is 15.1 Å². The van der Waals surface area contributed by atoms with Crippen molar-refractivity contribution in [3.05, 3.63) is 54.2 Å². The Morgan fingerprint density at radius 1 is 1.03 bits per heavy atom. The number of halogens is 1. The van der Waals surface area contributed by atoms with Crippen LogP contribution in [0.4, 0.5) is 10.1 Å². The van der Waals surface area contributed by atoms with Crippen LogP contribution in [-0.4, -0.2) is 62.2 Å². The van der Waals surface area contributed by atoms with Crippen molar-refractivity contribution in [2.24, 2.45) is 0 Å². The number of fused-ring (bicyclic) bond motifs is 2. The van der Waals surface area contributed by atoms with Gasteiger partial charge in [0.2, 0.25) is 0 Å². The molecule has 0 amide bonds. The zero-order valence-corrected chi connectivity index (χ0v) is 19.8. The first-order valence-corrected chi connectivity index (χ1v) is 11.9. The summed E-state index contributed by atoms with van der Waals surface area (Å²) in [4.78, 5) is 21.4. The van der Waals surface area contributed by atoms with Crippen molar-refractivity contribution in [1.82, 2.24) is 35.0 Å². The van der Waals surface area contributed by atoms with Crippen molar-refractivity contribution in [2.75, 3.05) is 32.1 Å². The Morgan fingerprint density at radius 2 is 1.89 bits per heavy atom. The van der Waals surface area contributed by atoms with E-state index >= 15 is 4.39 Å². The second-order valence-corrected chi connectivity index (χ2v) is 9.41. The van der Waals surface area contributed by atoms with Crippen LogP contribution in [0, 0.1) is 5.82 Å². The highest BCUT2D eigenvalue weighted by Crippen LogP contribution is 2.34. The maximum atomic E-state index is 15.9. The molecule has 4 aromatic heterocycles. The lowest BCUT2D eigenvalue weighted by Crippen LogP contribution is -2.29. The molecule has 0 aliphatic carbocycles.